The number of rotatable bonds is 9. The molecule has 3 N–H and O–H groups in total. The fraction of sp³-hybridized carbons (Fsp3) is 0.714. The predicted molar refractivity (Wildman–Crippen MR) is 81.8 cm³/mol. The third kappa shape index (κ3) is 6.22. The summed E-state index contributed by atoms with van der Waals surface area (Å²) in [6, 6.07) is 0. The average Bonchev–Trinajstić information content (AvgIpc) is 2.57. The highest BCUT2D eigenvalue weighted by molar-refractivity contribution is 5.73. The minimum absolute atomic E-state index is 0.116. The van der Waals surface area contributed by atoms with E-state index in [1.54, 1.807) is 16.7 Å². The standard InChI is InChI=1S/C14H23N3O7/c1-14(17(7-12(21)22)8-13(23)24)9-15(4-5-18)2-3-16(10-14)6-11(19)20/h5H,2-4,6-10H2,1H3,(H,19,20)(H,21,22)(H,23,24). The van der Waals surface area contributed by atoms with E-state index < -0.39 is 36.5 Å². The van der Waals surface area contributed by atoms with Gasteiger partial charge in [0.2, 0.25) is 0 Å². The van der Waals surface area contributed by atoms with Crippen LogP contribution in [-0.2, 0) is 19.2 Å². The summed E-state index contributed by atoms with van der Waals surface area (Å²) >= 11 is 0. The molecule has 24 heavy (non-hydrogen) atoms. The van der Waals surface area contributed by atoms with Crippen LogP contribution in [0.15, 0.2) is 0 Å². The van der Waals surface area contributed by atoms with Crippen molar-refractivity contribution in [3.05, 3.63) is 0 Å². The minimum atomic E-state index is -1.17. The van der Waals surface area contributed by atoms with Crippen LogP contribution < -0.4 is 0 Å². The number of aliphatic carboxylic acids is 3. The first-order valence-corrected chi connectivity index (χ1v) is 7.45. The van der Waals surface area contributed by atoms with Gasteiger partial charge in [0.15, 0.2) is 0 Å². The van der Waals surface area contributed by atoms with E-state index in [-0.39, 0.29) is 26.2 Å². The van der Waals surface area contributed by atoms with Crippen molar-refractivity contribution in [2.45, 2.75) is 12.5 Å². The maximum Gasteiger partial charge on any atom is 0.317 e. The van der Waals surface area contributed by atoms with Crippen molar-refractivity contribution < 1.29 is 34.5 Å². The molecule has 1 rings (SSSR count). The molecule has 136 valence electrons. The highest BCUT2D eigenvalue weighted by Crippen LogP contribution is 2.21. The molecule has 0 saturated carbocycles. The van der Waals surface area contributed by atoms with Crippen molar-refractivity contribution in [1.29, 1.82) is 0 Å². The molecule has 10 nitrogen and oxygen atoms in total. The molecule has 0 bridgehead atoms. The van der Waals surface area contributed by atoms with Crippen LogP contribution in [0.3, 0.4) is 0 Å². The van der Waals surface area contributed by atoms with Crippen LogP contribution in [0, 0.1) is 0 Å². The van der Waals surface area contributed by atoms with E-state index in [1.807, 2.05) is 0 Å². The first kappa shape index (κ1) is 20.0. The molecule has 1 fully saturated rings. The maximum absolute atomic E-state index is 11.1. The Kier molecular flexibility index (Phi) is 7.26. The van der Waals surface area contributed by atoms with Gasteiger partial charge >= 0.3 is 17.9 Å². The smallest absolute Gasteiger partial charge is 0.317 e. The Morgan fingerprint density at radius 2 is 1.50 bits per heavy atom. The van der Waals surface area contributed by atoms with Crippen LogP contribution in [-0.4, -0.2) is 112 Å². The van der Waals surface area contributed by atoms with Crippen molar-refractivity contribution in [3.63, 3.8) is 0 Å². The third-order valence-electron chi connectivity index (χ3n) is 3.97. The Labute approximate surface area is 139 Å². The summed E-state index contributed by atoms with van der Waals surface area (Å²) in [5.74, 6) is -3.37. The SMILES string of the molecule is CC1(N(CC(=O)O)CC(=O)O)CN(CC=O)CCN(CC(=O)O)C1. The molecule has 0 aliphatic carbocycles. The molecule has 0 aromatic heterocycles. The van der Waals surface area contributed by atoms with Gasteiger partial charge in [0.25, 0.3) is 0 Å². The van der Waals surface area contributed by atoms with E-state index in [0.29, 0.717) is 19.4 Å². The Morgan fingerprint density at radius 1 is 1.00 bits per heavy atom. The zero-order valence-corrected chi connectivity index (χ0v) is 13.6. The fourth-order valence-corrected chi connectivity index (χ4v) is 3.01. The second-order valence-corrected chi connectivity index (χ2v) is 6.15. The van der Waals surface area contributed by atoms with E-state index in [0.717, 1.165) is 0 Å². The molecule has 1 aliphatic heterocycles. The molecule has 0 aromatic rings. The highest BCUT2D eigenvalue weighted by atomic mass is 16.4. The molecule has 1 aliphatic rings. The molecule has 10 heteroatoms. The predicted octanol–water partition coefficient (Wildman–Crippen LogP) is -1.88. The van der Waals surface area contributed by atoms with Gasteiger partial charge in [0.05, 0.1) is 26.2 Å². The normalized spacial score (nSPS) is 22.9. The summed E-state index contributed by atoms with van der Waals surface area (Å²) in [6.45, 7) is 1.88. The minimum Gasteiger partial charge on any atom is -0.480 e. The van der Waals surface area contributed by atoms with Crippen LogP contribution in [0.2, 0.25) is 0 Å². The van der Waals surface area contributed by atoms with Gasteiger partial charge in [-0.3, -0.25) is 29.1 Å². The first-order chi connectivity index (χ1) is 11.2. The summed E-state index contributed by atoms with van der Waals surface area (Å²) < 4.78 is 0. The summed E-state index contributed by atoms with van der Waals surface area (Å²) in [5.41, 5.74) is -0.925. The van der Waals surface area contributed by atoms with Gasteiger partial charge in [-0.05, 0) is 6.92 Å². The van der Waals surface area contributed by atoms with Gasteiger partial charge in [-0.15, -0.1) is 0 Å². The summed E-state index contributed by atoms with van der Waals surface area (Å²) in [7, 11) is 0. The molecule has 0 radical (unpaired) electrons. The van der Waals surface area contributed by atoms with Gasteiger partial charge in [-0.1, -0.05) is 0 Å². The van der Waals surface area contributed by atoms with Crippen LogP contribution in [0.1, 0.15) is 6.92 Å². The first-order valence-electron chi connectivity index (χ1n) is 7.45. The van der Waals surface area contributed by atoms with Crippen LogP contribution in [0.4, 0.5) is 0 Å². The molecule has 0 aromatic carbocycles. The van der Waals surface area contributed by atoms with Gasteiger partial charge in [0.1, 0.15) is 6.29 Å². The van der Waals surface area contributed by atoms with Crippen molar-refractivity contribution in [1.82, 2.24) is 14.7 Å². The Hall–Kier alpha value is -2.04. The topological polar surface area (TPSA) is 139 Å². The van der Waals surface area contributed by atoms with E-state index in [9.17, 15) is 19.2 Å². The number of hydrogen-bond acceptors (Lipinski definition) is 7. The lowest BCUT2D eigenvalue weighted by Gasteiger charge is -2.42. The van der Waals surface area contributed by atoms with Gasteiger partial charge < -0.3 is 20.1 Å². The second kappa shape index (κ2) is 8.71. The second-order valence-electron chi connectivity index (χ2n) is 6.15. The Morgan fingerprint density at radius 3 is 1.96 bits per heavy atom. The van der Waals surface area contributed by atoms with Crippen molar-refractivity contribution in [3.8, 4) is 0 Å². The average molecular weight is 345 g/mol. The van der Waals surface area contributed by atoms with Crippen LogP contribution in [0.25, 0.3) is 0 Å². The lowest BCUT2D eigenvalue weighted by molar-refractivity contribution is -0.146. The fourth-order valence-electron chi connectivity index (χ4n) is 3.01. The molecule has 1 unspecified atom stereocenters. The highest BCUT2D eigenvalue weighted by Gasteiger charge is 2.39. The van der Waals surface area contributed by atoms with E-state index in [1.165, 1.54) is 4.90 Å². The van der Waals surface area contributed by atoms with E-state index >= 15 is 0 Å². The summed E-state index contributed by atoms with van der Waals surface area (Å²) in [4.78, 5) is 48.8. The number of carbonyl (C=O) groups is 4. The molecule has 1 atom stereocenters. The number of hydrogen-bond donors (Lipinski definition) is 3. The maximum atomic E-state index is 11.1. The van der Waals surface area contributed by atoms with Gasteiger partial charge in [-0.2, -0.15) is 0 Å². The van der Waals surface area contributed by atoms with Crippen LogP contribution >= 0.6 is 0 Å². The van der Waals surface area contributed by atoms with Crippen molar-refractivity contribution >= 4 is 24.2 Å². The molecular weight excluding hydrogens is 322 g/mol. The summed E-state index contributed by atoms with van der Waals surface area (Å²) in [5, 5.41) is 27.2. The third-order valence-corrected chi connectivity index (χ3v) is 3.97. The van der Waals surface area contributed by atoms with E-state index in [2.05, 4.69) is 0 Å². The number of aldehydes is 1. The number of nitrogens with zero attached hydrogens (tertiary/aromatic N) is 3. The zero-order valence-electron chi connectivity index (χ0n) is 13.6. The number of carboxylic acids is 3. The molecule has 0 spiro atoms. The number of carboxylic acid groups (broad SMARTS) is 3. The lowest BCUT2D eigenvalue weighted by Crippen LogP contribution is -2.60. The quantitative estimate of drug-likeness (QED) is 0.407. The molecular formula is C14H23N3O7. The largest absolute Gasteiger partial charge is 0.480 e. The molecule has 0 amide bonds. The summed E-state index contributed by atoms with van der Waals surface area (Å²) in [6.07, 6.45) is 0.714. The monoisotopic (exact) mass is 345 g/mol. The molecule has 1 heterocycles. The van der Waals surface area contributed by atoms with Crippen molar-refractivity contribution in [2.75, 3.05) is 52.4 Å². The van der Waals surface area contributed by atoms with Crippen molar-refractivity contribution in [2.24, 2.45) is 0 Å². The van der Waals surface area contributed by atoms with Crippen LogP contribution in [0.5, 0.6) is 0 Å². The van der Waals surface area contributed by atoms with Gasteiger partial charge in [-0.25, -0.2) is 0 Å². The molecule has 1 saturated heterocycles. The number of carbonyl (C=O) groups excluding carboxylic acids is 1. The zero-order chi connectivity index (χ0) is 18.3. The lowest BCUT2D eigenvalue weighted by atomic mass is 9.98. The van der Waals surface area contributed by atoms with E-state index in [4.69, 9.17) is 15.3 Å². The Balaban J connectivity index is 3.09. The van der Waals surface area contributed by atoms with Gasteiger partial charge in [0, 0.05) is 31.7 Å². The Bertz CT molecular complexity index is 483.